The van der Waals surface area contributed by atoms with Gasteiger partial charge in [-0.05, 0) is 53.3 Å². The fraction of sp³-hybridized carbons (Fsp3) is 0.350. The molecule has 0 bridgehead atoms. The van der Waals surface area contributed by atoms with Gasteiger partial charge < -0.3 is 18.9 Å². The number of esters is 1. The predicted octanol–water partition coefficient (Wildman–Crippen LogP) is 4.46. The molecule has 0 fully saturated rings. The summed E-state index contributed by atoms with van der Waals surface area (Å²) in [7, 11) is 6.01. The number of nitrogens with zero attached hydrogens (tertiary/aromatic N) is 3. The fourth-order valence-corrected chi connectivity index (χ4v) is 3.64. The van der Waals surface area contributed by atoms with Crippen LogP contribution in [0.1, 0.15) is 33.9 Å². The van der Waals surface area contributed by atoms with Gasteiger partial charge >= 0.3 is 5.97 Å². The molecule has 0 spiro atoms. The van der Waals surface area contributed by atoms with Gasteiger partial charge in [-0.15, -0.1) is 0 Å². The molecule has 0 unspecified atom stereocenters. The highest BCUT2D eigenvalue weighted by atomic mass is 16.5. The molecule has 0 saturated heterocycles. The number of hydrogen-bond donors (Lipinski definition) is 0. The number of carbonyl (C=O) groups excluding carboxylic acids is 1. The van der Waals surface area contributed by atoms with E-state index in [1.165, 1.54) is 7.11 Å². The Labute approximate surface area is 162 Å². The largest absolute Gasteiger partial charge is 0.493 e. The number of azide groups is 1. The average Bonchev–Trinajstić information content (AvgIpc) is 2.88. The van der Waals surface area contributed by atoms with E-state index < -0.39 is 12.0 Å². The lowest BCUT2D eigenvalue weighted by Gasteiger charge is -2.20. The van der Waals surface area contributed by atoms with Crippen LogP contribution in [0.4, 0.5) is 0 Å². The molecule has 2 aromatic rings. The lowest BCUT2D eigenvalue weighted by atomic mass is 9.92. The molecule has 2 aromatic carbocycles. The van der Waals surface area contributed by atoms with Crippen molar-refractivity contribution < 1.29 is 23.7 Å². The molecule has 0 aliphatic heterocycles. The van der Waals surface area contributed by atoms with Gasteiger partial charge in [0.15, 0.2) is 11.5 Å². The Hall–Kier alpha value is -3.38. The Bertz CT molecular complexity index is 967. The van der Waals surface area contributed by atoms with Crippen molar-refractivity contribution in [1.82, 2.24) is 0 Å². The van der Waals surface area contributed by atoms with Crippen LogP contribution in [0.15, 0.2) is 29.4 Å². The lowest BCUT2D eigenvalue weighted by molar-refractivity contribution is 0.0600. The number of rotatable bonds is 5. The maximum atomic E-state index is 12.0. The zero-order valence-corrected chi connectivity index (χ0v) is 16.2. The van der Waals surface area contributed by atoms with Crippen molar-refractivity contribution >= 4 is 5.97 Å². The van der Waals surface area contributed by atoms with E-state index in [4.69, 9.17) is 24.5 Å². The molecule has 0 saturated carbocycles. The Balaban J connectivity index is 2.35. The number of methoxy groups -OCH3 is 4. The number of hydrogen-bond acceptors (Lipinski definition) is 6. The summed E-state index contributed by atoms with van der Waals surface area (Å²) >= 11 is 0. The number of benzene rings is 2. The van der Waals surface area contributed by atoms with Crippen LogP contribution in [0, 0.1) is 0 Å². The molecule has 0 amide bonds. The first-order chi connectivity index (χ1) is 13.6. The molecule has 0 N–H and O–H groups in total. The van der Waals surface area contributed by atoms with Gasteiger partial charge in [0.05, 0.1) is 40.0 Å². The third-order valence-electron chi connectivity index (χ3n) is 4.89. The average molecular weight is 383 g/mol. The fourth-order valence-electron chi connectivity index (χ4n) is 3.64. The second-order valence-corrected chi connectivity index (χ2v) is 6.23. The summed E-state index contributed by atoms with van der Waals surface area (Å²) in [5.74, 6) is 1.12. The van der Waals surface area contributed by atoms with Crippen molar-refractivity contribution in [3.8, 4) is 28.4 Å². The van der Waals surface area contributed by atoms with E-state index in [0.717, 1.165) is 22.3 Å². The number of carbonyl (C=O) groups is 1. The maximum Gasteiger partial charge on any atom is 0.337 e. The second kappa shape index (κ2) is 8.10. The lowest BCUT2D eigenvalue weighted by Crippen LogP contribution is -2.05. The van der Waals surface area contributed by atoms with E-state index in [-0.39, 0.29) is 0 Å². The molecular formula is C20H21N3O5. The molecule has 0 heterocycles. The number of ether oxygens (including phenoxy) is 4. The van der Waals surface area contributed by atoms with Crippen molar-refractivity contribution in [2.45, 2.75) is 18.9 Å². The van der Waals surface area contributed by atoms with Gasteiger partial charge in [0.25, 0.3) is 0 Å². The summed E-state index contributed by atoms with van der Waals surface area (Å²) < 4.78 is 21.5. The van der Waals surface area contributed by atoms with E-state index in [2.05, 4.69) is 10.0 Å². The quantitative estimate of drug-likeness (QED) is 0.328. The SMILES string of the molecule is COC(=O)c1ccc2c(c1)[C@@H](N=[N+]=[N-])CCc1cc(OC)c(OC)c(OC)c1-2. The second-order valence-electron chi connectivity index (χ2n) is 6.23. The molecule has 146 valence electrons. The molecule has 1 aliphatic carbocycles. The van der Waals surface area contributed by atoms with Crippen molar-refractivity contribution in [2.75, 3.05) is 28.4 Å². The highest BCUT2D eigenvalue weighted by molar-refractivity contribution is 5.92. The van der Waals surface area contributed by atoms with Crippen LogP contribution < -0.4 is 14.2 Å². The van der Waals surface area contributed by atoms with Gasteiger partial charge in [-0.2, -0.15) is 0 Å². The maximum absolute atomic E-state index is 12.0. The topological polar surface area (TPSA) is 103 Å². The molecular weight excluding hydrogens is 362 g/mol. The van der Waals surface area contributed by atoms with E-state index in [0.29, 0.717) is 35.7 Å². The summed E-state index contributed by atoms with van der Waals surface area (Å²) in [6, 6.07) is 6.70. The molecule has 0 radical (unpaired) electrons. The molecule has 0 aromatic heterocycles. The van der Waals surface area contributed by atoms with Gasteiger partial charge in [0.1, 0.15) is 0 Å². The Morgan fingerprint density at radius 3 is 2.46 bits per heavy atom. The summed E-state index contributed by atoms with van der Waals surface area (Å²) in [6.45, 7) is 0. The van der Waals surface area contributed by atoms with E-state index in [9.17, 15) is 4.79 Å². The highest BCUT2D eigenvalue weighted by Crippen LogP contribution is 2.51. The van der Waals surface area contributed by atoms with Gasteiger partial charge in [0, 0.05) is 10.5 Å². The normalized spacial score (nSPS) is 14.6. The van der Waals surface area contributed by atoms with Crippen molar-refractivity contribution in [2.24, 2.45) is 5.11 Å². The minimum atomic E-state index is -0.453. The first-order valence-corrected chi connectivity index (χ1v) is 8.68. The van der Waals surface area contributed by atoms with E-state index >= 15 is 0 Å². The van der Waals surface area contributed by atoms with Crippen molar-refractivity contribution in [3.63, 3.8) is 0 Å². The predicted molar refractivity (Wildman–Crippen MR) is 103 cm³/mol. The van der Waals surface area contributed by atoms with E-state index in [1.54, 1.807) is 33.5 Å². The molecule has 1 aliphatic rings. The van der Waals surface area contributed by atoms with Crippen LogP contribution in [-0.4, -0.2) is 34.4 Å². The number of fused-ring (bicyclic) bond motifs is 3. The Morgan fingerprint density at radius 2 is 1.86 bits per heavy atom. The molecule has 1 atom stereocenters. The van der Waals surface area contributed by atoms with Gasteiger partial charge in [-0.25, -0.2) is 4.79 Å². The van der Waals surface area contributed by atoms with Crippen LogP contribution >= 0.6 is 0 Å². The minimum Gasteiger partial charge on any atom is -0.493 e. The Kier molecular flexibility index (Phi) is 5.61. The zero-order valence-electron chi connectivity index (χ0n) is 16.2. The van der Waals surface area contributed by atoms with Gasteiger partial charge in [-0.1, -0.05) is 11.2 Å². The monoisotopic (exact) mass is 383 g/mol. The van der Waals surface area contributed by atoms with Crippen LogP contribution in [0.2, 0.25) is 0 Å². The highest BCUT2D eigenvalue weighted by Gasteiger charge is 2.29. The smallest absolute Gasteiger partial charge is 0.337 e. The first-order valence-electron chi connectivity index (χ1n) is 8.68. The van der Waals surface area contributed by atoms with Crippen LogP contribution in [0.3, 0.4) is 0 Å². The van der Waals surface area contributed by atoms with Crippen LogP contribution in [-0.2, 0) is 11.2 Å². The molecule has 3 rings (SSSR count). The third-order valence-corrected chi connectivity index (χ3v) is 4.89. The Morgan fingerprint density at radius 1 is 1.11 bits per heavy atom. The molecule has 8 nitrogen and oxygen atoms in total. The van der Waals surface area contributed by atoms with Crippen molar-refractivity contribution in [1.29, 1.82) is 0 Å². The summed E-state index contributed by atoms with van der Waals surface area (Å²) in [5, 5.41) is 3.96. The zero-order chi connectivity index (χ0) is 20.3. The first kappa shape index (κ1) is 19.4. The van der Waals surface area contributed by atoms with Gasteiger partial charge in [-0.3, -0.25) is 0 Å². The molecule has 28 heavy (non-hydrogen) atoms. The minimum absolute atomic E-state index is 0.391. The number of aryl methyl sites for hydroxylation is 1. The van der Waals surface area contributed by atoms with Crippen LogP contribution in [0.5, 0.6) is 17.2 Å². The summed E-state index contributed by atoms with van der Waals surface area (Å²) in [6.07, 6.45) is 1.21. The summed E-state index contributed by atoms with van der Waals surface area (Å²) in [5.41, 5.74) is 12.8. The summed E-state index contributed by atoms with van der Waals surface area (Å²) in [4.78, 5) is 15.0. The van der Waals surface area contributed by atoms with E-state index in [1.807, 2.05) is 12.1 Å². The molecule has 8 heteroatoms. The van der Waals surface area contributed by atoms with Crippen LogP contribution in [0.25, 0.3) is 21.6 Å². The standard InChI is InChI=1S/C20H21N3O5/c1-25-16-10-11-6-8-15(22-23-21)14-9-12(20(24)28-4)5-7-13(14)17(11)19(27-3)18(16)26-2/h5,7,9-10,15H,6,8H2,1-4H3/t15-/m0/s1. The van der Waals surface area contributed by atoms with Crippen molar-refractivity contribution in [3.05, 3.63) is 51.4 Å². The third kappa shape index (κ3) is 3.18. The van der Waals surface area contributed by atoms with Gasteiger partial charge in [0.2, 0.25) is 5.75 Å².